The lowest BCUT2D eigenvalue weighted by Gasteiger charge is -2.32. The largest absolute Gasteiger partial charge is 0.488 e. The van der Waals surface area contributed by atoms with Crippen molar-refractivity contribution < 1.29 is 33.6 Å². The Bertz CT molecular complexity index is 821. The van der Waals surface area contributed by atoms with E-state index in [4.69, 9.17) is 18.9 Å². The van der Waals surface area contributed by atoms with Gasteiger partial charge in [0.05, 0.1) is 32.0 Å². The standard InChI is InChI=1S/C23H27FO6/c24-17-4-3-16(22(10-17)30-23-12-18(26)11-21(13-25)29-23)9-15-1-5-19(6-2-15)28-20-7-8-27-14-20/h1-6,10,18,20-21,23,25-26H,7-9,11-14H2. The van der Waals surface area contributed by atoms with Gasteiger partial charge in [-0.25, -0.2) is 4.39 Å². The van der Waals surface area contributed by atoms with Crippen molar-refractivity contribution in [2.45, 2.75) is 50.3 Å². The molecule has 6 nitrogen and oxygen atoms in total. The zero-order chi connectivity index (χ0) is 20.9. The third-order valence-corrected chi connectivity index (χ3v) is 5.34. The molecule has 4 rings (SSSR count). The van der Waals surface area contributed by atoms with Gasteiger partial charge in [-0.2, -0.15) is 0 Å². The highest BCUT2D eigenvalue weighted by atomic mass is 19.1. The first kappa shape index (κ1) is 21.1. The fraction of sp³-hybridized carbons (Fsp3) is 0.478. The van der Waals surface area contributed by atoms with Crippen LogP contribution in [0.5, 0.6) is 11.5 Å². The minimum absolute atomic E-state index is 0.0986. The van der Waals surface area contributed by atoms with Crippen LogP contribution in [0, 0.1) is 5.82 Å². The predicted molar refractivity (Wildman–Crippen MR) is 107 cm³/mol. The first-order valence-electron chi connectivity index (χ1n) is 10.3. The minimum atomic E-state index is -0.740. The minimum Gasteiger partial charge on any atom is -0.488 e. The van der Waals surface area contributed by atoms with Gasteiger partial charge in [0.1, 0.15) is 23.4 Å². The number of aliphatic hydroxyl groups is 2. The molecule has 2 aromatic rings. The Morgan fingerprint density at radius 1 is 1.07 bits per heavy atom. The molecule has 30 heavy (non-hydrogen) atoms. The summed E-state index contributed by atoms with van der Waals surface area (Å²) in [5, 5.41) is 19.3. The van der Waals surface area contributed by atoms with E-state index in [0.717, 1.165) is 29.9 Å². The number of halogens is 1. The van der Waals surface area contributed by atoms with Crippen LogP contribution in [0.25, 0.3) is 0 Å². The van der Waals surface area contributed by atoms with E-state index in [9.17, 15) is 14.6 Å². The lowest BCUT2D eigenvalue weighted by molar-refractivity contribution is -0.184. The van der Waals surface area contributed by atoms with E-state index in [1.807, 2.05) is 24.3 Å². The molecule has 2 aliphatic heterocycles. The molecule has 0 aliphatic carbocycles. The molecule has 0 amide bonds. The van der Waals surface area contributed by atoms with E-state index in [1.54, 1.807) is 6.07 Å². The number of ether oxygens (including phenoxy) is 4. The Morgan fingerprint density at radius 3 is 2.63 bits per heavy atom. The monoisotopic (exact) mass is 418 g/mol. The van der Waals surface area contributed by atoms with E-state index in [1.165, 1.54) is 12.1 Å². The summed E-state index contributed by atoms with van der Waals surface area (Å²) in [5.74, 6) is 0.755. The van der Waals surface area contributed by atoms with Crippen LogP contribution >= 0.6 is 0 Å². The Hall–Kier alpha value is -2.19. The van der Waals surface area contributed by atoms with Crippen molar-refractivity contribution in [2.75, 3.05) is 19.8 Å². The molecule has 7 heteroatoms. The van der Waals surface area contributed by atoms with Crippen molar-refractivity contribution in [3.63, 3.8) is 0 Å². The second-order valence-electron chi connectivity index (χ2n) is 7.79. The molecule has 2 heterocycles. The summed E-state index contributed by atoms with van der Waals surface area (Å²) in [6.45, 7) is 1.15. The molecule has 0 radical (unpaired) electrons. The smallest absolute Gasteiger partial charge is 0.202 e. The quantitative estimate of drug-likeness (QED) is 0.720. The van der Waals surface area contributed by atoms with Crippen LogP contribution in [0.2, 0.25) is 0 Å². The maximum absolute atomic E-state index is 13.9. The molecule has 4 atom stereocenters. The lowest BCUT2D eigenvalue weighted by Crippen LogP contribution is -2.40. The fourth-order valence-electron chi connectivity index (χ4n) is 3.77. The van der Waals surface area contributed by atoms with Crippen molar-refractivity contribution in [3.05, 3.63) is 59.4 Å². The number of aliphatic hydroxyl groups excluding tert-OH is 2. The summed E-state index contributed by atoms with van der Waals surface area (Å²) < 4.78 is 36.6. The molecule has 2 fully saturated rings. The number of rotatable bonds is 7. The molecule has 2 aromatic carbocycles. The molecule has 0 aromatic heterocycles. The van der Waals surface area contributed by atoms with Crippen molar-refractivity contribution >= 4 is 0 Å². The SMILES string of the molecule is OCC1CC(O)CC(Oc2cc(F)ccc2Cc2ccc(OC3CCOC3)cc2)O1. The molecule has 2 aliphatic rings. The third kappa shape index (κ3) is 5.49. The molecule has 0 saturated carbocycles. The van der Waals surface area contributed by atoms with Gasteiger partial charge in [0.15, 0.2) is 0 Å². The molecule has 0 bridgehead atoms. The van der Waals surface area contributed by atoms with Gasteiger partial charge in [-0.3, -0.25) is 0 Å². The van der Waals surface area contributed by atoms with Crippen LogP contribution in [0.3, 0.4) is 0 Å². The van der Waals surface area contributed by atoms with Gasteiger partial charge >= 0.3 is 0 Å². The second kappa shape index (κ2) is 9.75. The molecule has 4 unspecified atom stereocenters. The molecular formula is C23H27FO6. The van der Waals surface area contributed by atoms with Crippen molar-refractivity contribution in [3.8, 4) is 11.5 Å². The topological polar surface area (TPSA) is 77.4 Å². The summed E-state index contributed by atoms with van der Waals surface area (Å²) in [6, 6.07) is 12.2. The Balaban J connectivity index is 1.44. The molecular weight excluding hydrogens is 391 g/mol. The number of benzene rings is 2. The summed E-state index contributed by atoms with van der Waals surface area (Å²) in [4.78, 5) is 0. The highest BCUT2D eigenvalue weighted by Gasteiger charge is 2.29. The maximum Gasteiger partial charge on any atom is 0.202 e. The van der Waals surface area contributed by atoms with Crippen molar-refractivity contribution in [2.24, 2.45) is 0 Å². The van der Waals surface area contributed by atoms with Crippen LogP contribution in [0.15, 0.2) is 42.5 Å². The first-order chi connectivity index (χ1) is 14.6. The van der Waals surface area contributed by atoms with Crippen molar-refractivity contribution in [1.29, 1.82) is 0 Å². The summed E-state index contributed by atoms with van der Waals surface area (Å²) in [5.41, 5.74) is 1.83. The van der Waals surface area contributed by atoms with Gasteiger partial charge in [0.25, 0.3) is 0 Å². The predicted octanol–water partition coefficient (Wildman–Crippen LogP) is 2.82. The van der Waals surface area contributed by atoms with E-state index < -0.39 is 24.3 Å². The van der Waals surface area contributed by atoms with Gasteiger partial charge in [0.2, 0.25) is 6.29 Å². The molecule has 2 saturated heterocycles. The summed E-state index contributed by atoms with van der Waals surface area (Å²) in [6.07, 6.45) is 0.299. The van der Waals surface area contributed by atoms with Crippen molar-refractivity contribution in [1.82, 2.24) is 0 Å². The zero-order valence-corrected chi connectivity index (χ0v) is 16.7. The lowest BCUT2D eigenvalue weighted by atomic mass is 10.0. The highest BCUT2D eigenvalue weighted by Crippen LogP contribution is 2.29. The first-order valence-corrected chi connectivity index (χ1v) is 10.3. The van der Waals surface area contributed by atoms with Gasteiger partial charge in [0, 0.05) is 31.7 Å². The van der Waals surface area contributed by atoms with Crippen LogP contribution in [0.1, 0.15) is 30.4 Å². The van der Waals surface area contributed by atoms with Crippen LogP contribution in [-0.4, -0.2) is 54.6 Å². The van der Waals surface area contributed by atoms with Crippen LogP contribution in [0.4, 0.5) is 4.39 Å². The van der Waals surface area contributed by atoms with Gasteiger partial charge < -0.3 is 29.2 Å². The molecule has 162 valence electrons. The second-order valence-corrected chi connectivity index (χ2v) is 7.79. The normalized spacial score (nSPS) is 26.5. The Morgan fingerprint density at radius 2 is 1.90 bits per heavy atom. The average Bonchev–Trinajstić information content (AvgIpc) is 3.24. The van der Waals surface area contributed by atoms with E-state index in [-0.39, 0.29) is 19.1 Å². The summed E-state index contributed by atoms with van der Waals surface area (Å²) in [7, 11) is 0. The van der Waals surface area contributed by atoms with Gasteiger partial charge in [-0.1, -0.05) is 18.2 Å². The van der Waals surface area contributed by atoms with Gasteiger partial charge in [-0.05, 0) is 29.3 Å². The van der Waals surface area contributed by atoms with Gasteiger partial charge in [-0.15, -0.1) is 0 Å². The van der Waals surface area contributed by atoms with Crippen LogP contribution < -0.4 is 9.47 Å². The van der Waals surface area contributed by atoms with Crippen LogP contribution in [-0.2, 0) is 15.9 Å². The Labute approximate surface area is 175 Å². The van der Waals surface area contributed by atoms with E-state index in [0.29, 0.717) is 25.2 Å². The fourth-order valence-corrected chi connectivity index (χ4v) is 3.77. The van der Waals surface area contributed by atoms with E-state index >= 15 is 0 Å². The number of hydrogen-bond acceptors (Lipinski definition) is 6. The summed E-state index contributed by atoms with van der Waals surface area (Å²) >= 11 is 0. The Kier molecular flexibility index (Phi) is 6.84. The van der Waals surface area contributed by atoms with E-state index in [2.05, 4.69) is 0 Å². The highest BCUT2D eigenvalue weighted by molar-refractivity contribution is 5.39. The molecule has 2 N–H and O–H groups in total. The maximum atomic E-state index is 13.9. The average molecular weight is 418 g/mol. The zero-order valence-electron chi connectivity index (χ0n) is 16.7. The number of hydrogen-bond donors (Lipinski definition) is 2. The third-order valence-electron chi connectivity index (χ3n) is 5.34. The molecule has 0 spiro atoms.